The summed E-state index contributed by atoms with van der Waals surface area (Å²) in [5.74, 6) is 1.22. The van der Waals surface area contributed by atoms with Gasteiger partial charge >= 0.3 is 0 Å². The first kappa shape index (κ1) is 12.9. The van der Waals surface area contributed by atoms with Crippen LogP contribution < -0.4 is 14.8 Å². The van der Waals surface area contributed by atoms with Crippen LogP contribution in [0.25, 0.3) is 0 Å². The van der Waals surface area contributed by atoms with E-state index in [1.165, 1.54) is 0 Å². The molecule has 1 atom stereocenters. The number of ether oxygens (including phenoxy) is 2. The zero-order chi connectivity index (χ0) is 13.9. The third-order valence-electron chi connectivity index (χ3n) is 3.01. The normalized spacial score (nSPS) is 14.7. The first-order chi connectivity index (χ1) is 9.74. The standard InChI is InChI=1S/C13H13N3O3S/c1-8(14-13(17)10-7-20-16-15-10)9-2-3-11-12(6-9)19-5-4-18-11/h2-3,6-8H,4-5H2,1H3,(H,14,17). The van der Waals surface area contributed by atoms with Crippen molar-refractivity contribution in [2.24, 2.45) is 0 Å². The maximum Gasteiger partial charge on any atom is 0.273 e. The van der Waals surface area contributed by atoms with E-state index in [1.54, 1.807) is 5.38 Å². The van der Waals surface area contributed by atoms with Crippen molar-refractivity contribution in [3.63, 3.8) is 0 Å². The van der Waals surface area contributed by atoms with E-state index < -0.39 is 0 Å². The third kappa shape index (κ3) is 2.57. The molecular weight excluding hydrogens is 278 g/mol. The van der Waals surface area contributed by atoms with Crippen molar-refractivity contribution in [3.05, 3.63) is 34.8 Å². The highest BCUT2D eigenvalue weighted by Gasteiger charge is 2.17. The molecule has 0 saturated carbocycles. The lowest BCUT2D eigenvalue weighted by atomic mass is 10.1. The molecule has 0 aliphatic carbocycles. The van der Waals surface area contributed by atoms with Gasteiger partial charge in [0.2, 0.25) is 0 Å². The van der Waals surface area contributed by atoms with Crippen LogP contribution in [-0.4, -0.2) is 28.7 Å². The summed E-state index contributed by atoms with van der Waals surface area (Å²) in [7, 11) is 0. The fraction of sp³-hybridized carbons (Fsp3) is 0.308. The molecule has 0 saturated heterocycles. The summed E-state index contributed by atoms with van der Waals surface area (Å²) >= 11 is 1.15. The fourth-order valence-electron chi connectivity index (χ4n) is 1.95. The van der Waals surface area contributed by atoms with Crippen LogP contribution in [-0.2, 0) is 0 Å². The Bertz CT molecular complexity index is 615. The minimum absolute atomic E-state index is 0.153. The Morgan fingerprint density at radius 1 is 1.35 bits per heavy atom. The van der Waals surface area contributed by atoms with Gasteiger partial charge in [0.05, 0.1) is 6.04 Å². The molecule has 1 unspecified atom stereocenters. The van der Waals surface area contributed by atoms with Crippen LogP contribution in [0.4, 0.5) is 0 Å². The average molecular weight is 291 g/mol. The van der Waals surface area contributed by atoms with Crippen molar-refractivity contribution in [1.82, 2.24) is 14.9 Å². The summed E-state index contributed by atoms with van der Waals surface area (Å²) < 4.78 is 14.7. The van der Waals surface area contributed by atoms with E-state index in [0.29, 0.717) is 24.7 Å². The van der Waals surface area contributed by atoms with E-state index >= 15 is 0 Å². The van der Waals surface area contributed by atoms with Gasteiger partial charge in [0.25, 0.3) is 5.91 Å². The van der Waals surface area contributed by atoms with Crippen molar-refractivity contribution in [2.75, 3.05) is 13.2 Å². The summed E-state index contributed by atoms with van der Waals surface area (Å²) in [5, 5.41) is 8.24. The number of rotatable bonds is 3. The molecule has 2 aromatic rings. The highest BCUT2D eigenvalue weighted by atomic mass is 32.1. The number of benzene rings is 1. The third-order valence-corrected chi connectivity index (χ3v) is 3.51. The van der Waals surface area contributed by atoms with E-state index in [2.05, 4.69) is 14.9 Å². The smallest absolute Gasteiger partial charge is 0.273 e. The molecule has 3 rings (SSSR count). The molecule has 1 aromatic carbocycles. The van der Waals surface area contributed by atoms with E-state index in [9.17, 15) is 4.79 Å². The zero-order valence-electron chi connectivity index (χ0n) is 10.8. The van der Waals surface area contributed by atoms with Crippen LogP contribution >= 0.6 is 11.5 Å². The van der Waals surface area contributed by atoms with Gasteiger partial charge in [-0.1, -0.05) is 10.6 Å². The molecule has 0 bridgehead atoms. The Labute approximate surface area is 119 Å². The molecule has 7 heteroatoms. The van der Waals surface area contributed by atoms with Crippen LogP contribution in [0.5, 0.6) is 11.5 Å². The van der Waals surface area contributed by atoms with Crippen molar-refractivity contribution >= 4 is 17.4 Å². The lowest BCUT2D eigenvalue weighted by Gasteiger charge is -2.20. The van der Waals surface area contributed by atoms with Crippen LogP contribution in [0.3, 0.4) is 0 Å². The lowest BCUT2D eigenvalue weighted by Crippen LogP contribution is -2.27. The number of carbonyl (C=O) groups excluding carboxylic acids is 1. The maximum absolute atomic E-state index is 11.9. The quantitative estimate of drug-likeness (QED) is 0.933. The van der Waals surface area contributed by atoms with Gasteiger partial charge < -0.3 is 14.8 Å². The molecule has 1 aliphatic rings. The highest BCUT2D eigenvalue weighted by molar-refractivity contribution is 7.03. The summed E-state index contributed by atoms with van der Waals surface area (Å²) in [6, 6.07) is 5.51. The first-order valence-corrected chi connectivity index (χ1v) is 7.05. The van der Waals surface area contributed by atoms with Crippen molar-refractivity contribution < 1.29 is 14.3 Å². The first-order valence-electron chi connectivity index (χ1n) is 6.21. The van der Waals surface area contributed by atoms with E-state index in [0.717, 1.165) is 22.8 Å². The second-order valence-electron chi connectivity index (χ2n) is 4.39. The molecule has 1 N–H and O–H groups in total. The minimum atomic E-state index is -0.235. The number of hydrogen-bond donors (Lipinski definition) is 1. The Kier molecular flexibility index (Phi) is 3.51. The number of fused-ring (bicyclic) bond motifs is 1. The van der Waals surface area contributed by atoms with Crippen LogP contribution in [0.2, 0.25) is 0 Å². The second kappa shape index (κ2) is 5.46. The fourth-order valence-corrected chi connectivity index (χ4v) is 2.38. The largest absolute Gasteiger partial charge is 0.486 e. The van der Waals surface area contributed by atoms with Gasteiger partial charge in [0, 0.05) is 5.38 Å². The second-order valence-corrected chi connectivity index (χ2v) is 5.00. The molecule has 0 radical (unpaired) electrons. The number of hydrogen-bond acceptors (Lipinski definition) is 6. The topological polar surface area (TPSA) is 73.3 Å². The van der Waals surface area contributed by atoms with Crippen molar-refractivity contribution in [1.29, 1.82) is 0 Å². The Morgan fingerprint density at radius 3 is 2.90 bits per heavy atom. The highest BCUT2D eigenvalue weighted by Crippen LogP contribution is 2.32. The molecule has 1 amide bonds. The number of nitrogens with zero attached hydrogens (tertiary/aromatic N) is 2. The Balaban J connectivity index is 1.74. The van der Waals surface area contributed by atoms with Gasteiger partial charge in [-0.15, -0.1) is 5.10 Å². The maximum atomic E-state index is 11.9. The molecule has 6 nitrogen and oxygen atoms in total. The van der Waals surface area contributed by atoms with E-state index in [4.69, 9.17) is 9.47 Å². The van der Waals surface area contributed by atoms with Gasteiger partial charge in [-0.25, -0.2) is 0 Å². The molecule has 1 aliphatic heterocycles. The monoisotopic (exact) mass is 291 g/mol. The number of carbonyl (C=O) groups is 1. The molecule has 0 spiro atoms. The van der Waals surface area contributed by atoms with Crippen LogP contribution in [0, 0.1) is 0 Å². The molecule has 1 aromatic heterocycles. The number of amides is 1. The summed E-state index contributed by atoms with van der Waals surface area (Å²) in [5.41, 5.74) is 1.28. The SMILES string of the molecule is CC(NC(=O)c1csnn1)c1ccc2c(c1)OCCO2. The number of aromatic nitrogens is 2. The lowest BCUT2D eigenvalue weighted by molar-refractivity contribution is 0.0934. The molecule has 2 heterocycles. The van der Waals surface area contributed by atoms with Gasteiger partial charge in [0.15, 0.2) is 17.2 Å². The minimum Gasteiger partial charge on any atom is -0.486 e. The molecule has 20 heavy (non-hydrogen) atoms. The van der Waals surface area contributed by atoms with Crippen molar-refractivity contribution in [3.8, 4) is 11.5 Å². The molecule has 0 fully saturated rings. The Morgan fingerprint density at radius 2 is 2.15 bits per heavy atom. The van der Waals surface area contributed by atoms with E-state index in [1.807, 2.05) is 25.1 Å². The number of nitrogens with one attached hydrogen (secondary N) is 1. The molecular formula is C13H13N3O3S. The summed E-state index contributed by atoms with van der Waals surface area (Å²) in [6.07, 6.45) is 0. The average Bonchev–Trinajstić information content (AvgIpc) is 3.01. The van der Waals surface area contributed by atoms with Crippen LogP contribution in [0.1, 0.15) is 29.0 Å². The van der Waals surface area contributed by atoms with Gasteiger partial charge in [-0.2, -0.15) is 0 Å². The zero-order valence-corrected chi connectivity index (χ0v) is 11.6. The predicted octanol–water partition coefficient (Wildman–Crippen LogP) is 1.80. The van der Waals surface area contributed by atoms with Gasteiger partial charge in [-0.05, 0) is 36.2 Å². The van der Waals surface area contributed by atoms with E-state index in [-0.39, 0.29) is 11.9 Å². The Hall–Kier alpha value is -2.15. The molecule has 104 valence electrons. The summed E-state index contributed by atoms with van der Waals surface area (Å²) in [6.45, 7) is 3.01. The van der Waals surface area contributed by atoms with Crippen molar-refractivity contribution in [2.45, 2.75) is 13.0 Å². The van der Waals surface area contributed by atoms with Gasteiger partial charge in [-0.3, -0.25) is 4.79 Å². The van der Waals surface area contributed by atoms with Crippen LogP contribution in [0.15, 0.2) is 23.6 Å². The summed E-state index contributed by atoms with van der Waals surface area (Å²) in [4.78, 5) is 11.9. The van der Waals surface area contributed by atoms with Gasteiger partial charge in [0.1, 0.15) is 13.2 Å². The predicted molar refractivity (Wildman–Crippen MR) is 73.2 cm³/mol.